The van der Waals surface area contributed by atoms with Gasteiger partial charge in [-0.15, -0.1) is 0 Å². The van der Waals surface area contributed by atoms with E-state index >= 15 is 0 Å². The Morgan fingerprint density at radius 1 is 1.44 bits per heavy atom. The molecule has 86 valence electrons. The predicted molar refractivity (Wildman–Crippen MR) is 63.8 cm³/mol. The van der Waals surface area contributed by atoms with Crippen LogP contribution in [0.4, 0.5) is 5.69 Å². The van der Waals surface area contributed by atoms with Gasteiger partial charge in [-0.25, -0.2) is 0 Å². The normalized spacial score (nSPS) is 15.9. The van der Waals surface area contributed by atoms with Gasteiger partial charge in [0.25, 0.3) is 0 Å². The lowest BCUT2D eigenvalue weighted by atomic mass is 9.95. The summed E-state index contributed by atoms with van der Waals surface area (Å²) in [4.78, 5) is 13.0. The van der Waals surface area contributed by atoms with Crippen molar-refractivity contribution in [2.75, 3.05) is 18.0 Å². The Kier molecular flexibility index (Phi) is 3.13. The van der Waals surface area contributed by atoms with E-state index in [9.17, 15) is 4.79 Å². The number of carboxylic acid groups (broad SMARTS) is 1. The van der Waals surface area contributed by atoms with Gasteiger partial charge < -0.3 is 10.0 Å². The summed E-state index contributed by atoms with van der Waals surface area (Å²) in [5.41, 5.74) is 2.01. The van der Waals surface area contributed by atoms with E-state index in [2.05, 4.69) is 11.8 Å². The molecule has 2 rings (SSSR count). The fourth-order valence-electron chi connectivity index (χ4n) is 2.16. The lowest BCUT2D eigenvalue weighted by Crippen LogP contribution is -2.46. The zero-order valence-electron chi connectivity index (χ0n) is 9.52. The molecule has 0 saturated carbocycles. The van der Waals surface area contributed by atoms with E-state index in [0.29, 0.717) is 0 Å². The van der Waals surface area contributed by atoms with Gasteiger partial charge in [-0.2, -0.15) is 0 Å². The number of carbonyl (C=O) groups is 1. The Balaban J connectivity index is 2.11. The van der Waals surface area contributed by atoms with Crippen molar-refractivity contribution >= 4 is 11.7 Å². The highest BCUT2D eigenvalue weighted by Gasteiger charge is 2.26. The molecule has 0 aliphatic carbocycles. The van der Waals surface area contributed by atoms with E-state index in [1.165, 1.54) is 6.42 Å². The molecular formula is C13H17NO2. The molecule has 1 aliphatic heterocycles. The first-order valence-electron chi connectivity index (χ1n) is 5.75. The van der Waals surface area contributed by atoms with Crippen molar-refractivity contribution in [2.24, 2.45) is 5.92 Å². The smallest absolute Gasteiger partial charge is 0.307 e. The van der Waals surface area contributed by atoms with Crippen LogP contribution in [0.15, 0.2) is 24.3 Å². The minimum atomic E-state index is -0.764. The molecule has 0 aromatic heterocycles. The lowest BCUT2D eigenvalue weighted by molar-refractivity contribution is -0.136. The second-order valence-electron chi connectivity index (χ2n) is 4.38. The molecule has 0 atom stereocenters. The first-order chi connectivity index (χ1) is 7.70. The number of rotatable bonds is 4. The molecule has 0 amide bonds. The zero-order chi connectivity index (χ0) is 11.5. The average Bonchev–Trinajstić information content (AvgIpc) is 2.18. The van der Waals surface area contributed by atoms with Crippen LogP contribution in [0.2, 0.25) is 0 Å². The first kappa shape index (κ1) is 11.0. The summed E-state index contributed by atoms with van der Waals surface area (Å²) in [7, 11) is 0. The second kappa shape index (κ2) is 4.56. The van der Waals surface area contributed by atoms with Gasteiger partial charge in [0.15, 0.2) is 0 Å². The van der Waals surface area contributed by atoms with E-state index in [1.807, 2.05) is 24.3 Å². The fourth-order valence-corrected chi connectivity index (χ4v) is 2.16. The maximum Gasteiger partial charge on any atom is 0.307 e. The van der Waals surface area contributed by atoms with Crippen LogP contribution in [-0.4, -0.2) is 24.2 Å². The van der Waals surface area contributed by atoms with Crippen LogP contribution in [-0.2, 0) is 11.2 Å². The maximum atomic E-state index is 10.8. The van der Waals surface area contributed by atoms with Crippen LogP contribution < -0.4 is 4.90 Å². The maximum absolute atomic E-state index is 10.8. The Bertz CT molecular complexity index is 383. The molecule has 0 bridgehead atoms. The molecule has 1 aliphatic rings. The first-order valence-corrected chi connectivity index (χ1v) is 5.75. The number of nitrogens with zero attached hydrogens (tertiary/aromatic N) is 1. The summed E-state index contributed by atoms with van der Waals surface area (Å²) >= 11 is 0. The average molecular weight is 219 g/mol. The molecule has 1 fully saturated rings. The molecule has 0 unspecified atom stereocenters. The summed E-state index contributed by atoms with van der Waals surface area (Å²) < 4.78 is 0. The third-order valence-corrected chi connectivity index (χ3v) is 3.21. The molecule has 1 saturated heterocycles. The van der Waals surface area contributed by atoms with Crippen LogP contribution >= 0.6 is 0 Å². The third kappa shape index (κ3) is 2.18. The van der Waals surface area contributed by atoms with Crippen LogP contribution in [0.1, 0.15) is 18.9 Å². The Morgan fingerprint density at radius 2 is 2.12 bits per heavy atom. The quantitative estimate of drug-likeness (QED) is 0.843. The second-order valence-corrected chi connectivity index (χ2v) is 4.38. The van der Waals surface area contributed by atoms with Gasteiger partial charge in [0.1, 0.15) is 0 Å². The van der Waals surface area contributed by atoms with Crippen molar-refractivity contribution in [1.82, 2.24) is 0 Å². The molecule has 3 nitrogen and oxygen atoms in total. The summed E-state index contributed by atoms with van der Waals surface area (Å²) in [6, 6.07) is 7.80. The van der Waals surface area contributed by atoms with Crippen molar-refractivity contribution < 1.29 is 9.90 Å². The molecule has 3 heteroatoms. The lowest BCUT2D eigenvalue weighted by Gasteiger charge is -2.41. The summed E-state index contributed by atoms with van der Waals surface area (Å²) in [6.45, 7) is 4.32. The monoisotopic (exact) mass is 219 g/mol. The highest BCUT2D eigenvalue weighted by atomic mass is 16.4. The molecule has 1 N–H and O–H groups in total. The Hall–Kier alpha value is -1.51. The van der Waals surface area contributed by atoms with Gasteiger partial charge in [0.05, 0.1) is 6.42 Å². The fraction of sp³-hybridized carbons (Fsp3) is 0.462. The van der Waals surface area contributed by atoms with Crippen molar-refractivity contribution in [3.05, 3.63) is 29.8 Å². The highest BCUT2D eigenvalue weighted by Crippen LogP contribution is 2.29. The van der Waals surface area contributed by atoms with E-state index in [1.54, 1.807) is 0 Å². The third-order valence-electron chi connectivity index (χ3n) is 3.21. The standard InChI is InChI=1S/C13H17NO2/c1-2-10-8-14(9-10)12-6-4-3-5-11(12)7-13(15)16/h3-6,10H,2,7-9H2,1H3,(H,15,16). The minimum Gasteiger partial charge on any atom is -0.481 e. The van der Waals surface area contributed by atoms with E-state index < -0.39 is 5.97 Å². The van der Waals surface area contributed by atoms with Crippen molar-refractivity contribution in [1.29, 1.82) is 0 Å². The number of hydrogen-bond acceptors (Lipinski definition) is 2. The molecular weight excluding hydrogens is 202 g/mol. The van der Waals surface area contributed by atoms with Crippen LogP contribution in [0.5, 0.6) is 0 Å². The Morgan fingerprint density at radius 3 is 2.75 bits per heavy atom. The van der Waals surface area contributed by atoms with Gasteiger partial charge in [0, 0.05) is 18.8 Å². The SMILES string of the molecule is CCC1CN(c2ccccc2CC(=O)O)C1. The van der Waals surface area contributed by atoms with Gasteiger partial charge in [0.2, 0.25) is 0 Å². The molecule has 16 heavy (non-hydrogen) atoms. The molecule has 1 aromatic carbocycles. The van der Waals surface area contributed by atoms with Crippen molar-refractivity contribution in [3.63, 3.8) is 0 Å². The van der Waals surface area contributed by atoms with E-state index in [-0.39, 0.29) is 6.42 Å². The van der Waals surface area contributed by atoms with E-state index in [0.717, 1.165) is 30.3 Å². The summed E-state index contributed by atoms with van der Waals surface area (Å²) in [6.07, 6.45) is 1.32. The molecule has 1 aromatic rings. The van der Waals surface area contributed by atoms with Crippen LogP contribution in [0, 0.1) is 5.92 Å². The molecule has 1 heterocycles. The number of benzene rings is 1. The van der Waals surface area contributed by atoms with Crippen molar-refractivity contribution in [2.45, 2.75) is 19.8 Å². The number of anilines is 1. The topological polar surface area (TPSA) is 40.5 Å². The van der Waals surface area contributed by atoms with E-state index in [4.69, 9.17) is 5.11 Å². The van der Waals surface area contributed by atoms with Crippen LogP contribution in [0.25, 0.3) is 0 Å². The number of aliphatic carboxylic acids is 1. The summed E-state index contributed by atoms with van der Waals surface area (Å²) in [5, 5.41) is 8.84. The minimum absolute atomic E-state index is 0.115. The van der Waals surface area contributed by atoms with Gasteiger partial charge >= 0.3 is 5.97 Å². The van der Waals surface area contributed by atoms with Crippen molar-refractivity contribution in [3.8, 4) is 0 Å². The number of carboxylic acids is 1. The van der Waals surface area contributed by atoms with Gasteiger partial charge in [-0.1, -0.05) is 25.1 Å². The predicted octanol–water partition coefficient (Wildman–Crippen LogP) is 2.16. The number of para-hydroxylation sites is 1. The Labute approximate surface area is 95.7 Å². The highest BCUT2D eigenvalue weighted by molar-refractivity contribution is 5.73. The zero-order valence-corrected chi connectivity index (χ0v) is 9.52. The molecule has 0 spiro atoms. The van der Waals surface area contributed by atoms with Crippen LogP contribution in [0.3, 0.4) is 0 Å². The number of hydrogen-bond donors (Lipinski definition) is 1. The molecule has 0 radical (unpaired) electrons. The largest absolute Gasteiger partial charge is 0.481 e. The van der Waals surface area contributed by atoms with Gasteiger partial charge in [-0.05, 0) is 24.0 Å². The van der Waals surface area contributed by atoms with Gasteiger partial charge in [-0.3, -0.25) is 4.79 Å². The summed E-state index contributed by atoms with van der Waals surface area (Å²) in [5.74, 6) is 0.0119.